The third kappa shape index (κ3) is 3.90. The minimum absolute atomic E-state index is 0.136. The van der Waals surface area contributed by atoms with Crippen LogP contribution in [-0.4, -0.2) is 29.9 Å². The number of hydrogen-bond acceptors (Lipinski definition) is 3. The maximum atomic E-state index is 12.0. The molecule has 3 rings (SSSR count). The van der Waals surface area contributed by atoms with Gasteiger partial charge in [0.2, 0.25) is 0 Å². The van der Waals surface area contributed by atoms with Gasteiger partial charge in [0.25, 0.3) is 5.91 Å². The molecule has 0 aliphatic carbocycles. The van der Waals surface area contributed by atoms with E-state index in [9.17, 15) is 4.79 Å². The molecule has 0 saturated carbocycles. The van der Waals surface area contributed by atoms with Gasteiger partial charge < -0.3 is 9.73 Å². The van der Waals surface area contributed by atoms with Gasteiger partial charge in [-0.25, -0.2) is 0 Å². The summed E-state index contributed by atoms with van der Waals surface area (Å²) < 4.78 is 5.13. The zero-order valence-corrected chi connectivity index (χ0v) is 13.1. The van der Waals surface area contributed by atoms with Gasteiger partial charge in [-0.05, 0) is 49.2 Å². The molecule has 5 heteroatoms. The molecule has 116 valence electrons. The third-order valence-corrected chi connectivity index (χ3v) is 4.16. The second-order valence-corrected chi connectivity index (χ2v) is 6.09. The van der Waals surface area contributed by atoms with E-state index in [1.54, 1.807) is 12.1 Å². The number of benzene rings is 1. The zero-order valence-electron chi connectivity index (χ0n) is 12.3. The highest BCUT2D eigenvalue weighted by Gasteiger charge is 2.22. The Morgan fingerprint density at radius 1 is 1.32 bits per heavy atom. The molecule has 22 heavy (non-hydrogen) atoms. The Bertz CT molecular complexity index is 610. The highest BCUT2D eigenvalue weighted by molar-refractivity contribution is 6.30. The van der Waals surface area contributed by atoms with Gasteiger partial charge >= 0.3 is 0 Å². The fourth-order valence-electron chi connectivity index (χ4n) is 2.83. The van der Waals surface area contributed by atoms with Crippen molar-refractivity contribution in [3.05, 3.63) is 59.0 Å². The Labute approximate surface area is 135 Å². The van der Waals surface area contributed by atoms with Crippen LogP contribution in [0, 0.1) is 0 Å². The van der Waals surface area contributed by atoms with Gasteiger partial charge in [0, 0.05) is 24.2 Å². The highest BCUT2D eigenvalue weighted by Crippen LogP contribution is 2.16. The van der Waals surface area contributed by atoms with Crippen molar-refractivity contribution in [3.8, 4) is 0 Å². The summed E-state index contributed by atoms with van der Waals surface area (Å²) in [5, 5.41) is 3.81. The van der Waals surface area contributed by atoms with E-state index in [1.165, 1.54) is 11.8 Å². The molecule has 0 bridgehead atoms. The normalized spacial score (nSPS) is 19.0. The van der Waals surface area contributed by atoms with Gasteiger partial charge in [-0.15, -0.1) is 0 Å². The molecule has 1 aromatic heterocycles. The smallest absolute Gasteiger partial charge is 0.287 e. The minimum atomic E-state index is -0.136. The van der Waals surface area contributed by atoms with Crippen LogP contribution in [0.2, 0.25) is 5.02 Å². The summed E-state index contributed by atoms with van der Waals surface area (Å²) in [7, 11) is 0. The molecule has 0 spiro atoms. The van der Waals surface area contributed by atoms with E-state index in [0.29, 0.717) is 5.76 Å². The number of nitrogens with one attached hydrogen (secondary N) is 1. The SMILES string of the molecule is O=C(N[C@@H]1CCCN(Cc2ccc(Cl)cc2)C1)c1ccco1. The van der Waals surface area contributed by atoms with E-state index in [4.69, 9.17) is 16.0 Å². The van der Waals surface area contributed by atoms with Crippen LogP contribution < -0.4 is 5.32 Å². The summed E-state index contributed by atoms with van der Waals surface area (Å²) in [6.07, 6.45) is 3.60. The van der Waals surface area contributed by atoms with Gasteiger partial charge in [-0.3, -0.25) is 9.69 Å². The molecule has 1 fully saturated rings. The van der Waals surface area contributed by atoms with E-state index in [0.717, 1.165) is 37.5 Å². The van der Waals surface area contributed by atoms with Crippen LogP contribution in [0.3, 0.4) is 0 Å². The van der Waals surface area contributed by atoms with E-state index in [-0.39, 0.29) is 11.9 Å². The fraction of sp³-hybridized carbons (Fsp3) is 0.353. The number of furan rings is 1. The summed E-state index contributed by atoms with van der Waals surface area (Å²) in [6.45, 7) is 2.79. The number of hydrogen-bond donors (Lipinski definition) is 1. The maximum absolute atomic E-state index is 12.0. The molecular weight excluding hydrogens is 300 g/mol. The molecule has 0 radical (unpaired) electrons. The van der Waals surface area contributed by atoms with Crippen molar-refractivity contribution >= 4 is 17.5 Å². The predicted molar refractivity (Wildman–Crippen MR) is 85.9 cm³/mol. The first kappa shape index (κ1) is 15.1. The van der Waals surface area contributed by atoms with Crippen molar-refractivity contribution in [2.75, 3.05) is 13.1 Å². The van der Waals surface area contributed by atoms with Crippen LogP contribution in [-0.2, 0) is 6.54 Å². The largest absolute Gasteiger partial charge is 0.459 e. The number of piperidine rings is 1. The number of amides is 1. The predicted octanol–water partition coefficient (Wildman–Crippen LogP) is 3.33. The van der Waals surface area contributed by atoms with E-state index < -0.39 is 0 Å². The number of carbonyl (C=O) groups excluding carboxylic acids is 1. The summed E-state index contributed by atoms with van der Waals surface area (Å²) in [6, 6.07) is 11.5. The Kier molecular flexibility index (Phi) is 4.80. The molecule has 4 nitrogen and oxygen atoms in total. The molecule has 1 amide bonds. The van der Waals surface area contributed by atoms with Gasteiger partial charge in [0.05, 0.1) is 6.26 Å². The summed E-state index contributed by atoms with van der Waals surface area (Å²) in [5.74, 6) is 0.234. The molecule has 1 saturated heterocycles. The van der Waals surface area contributed by atoms with Gasteiger partial charge in [0.1, 0.15) is 0 Å². The molecule has 2 aromatic rings. The van der Waals surface area contributed by atoms with E-state index >= 15 is 0 Å². The maximum Gasteiger partial charge on any atom is 0.287 e. The lowest BCUT2D eigenvalue weighted by Gasteiger charge is -2.33. The molecule has 2 heterocycles. The number of halogens is 1. The van der Waals surface area contributed by atoms with Crippen molar-refractivity contribution < 1.29 is 9.21 Å². The summed E-state index contributed by atoms with van der Waals surface area (Å²) in [4.78, 5) is 14.4. The average molecular weight is 319 g/mol. The van der Waals surface area contributed by atoms with Crippen molar-refractivity contribution in [2.24, 2.45) is 0 Å². The Hall–Kier alpha value is -1.78. The number of rotatable bonds is 4. The molecule has 1 atom stereocenters. The Balaban J connectivity index is 1.55. The van der Waals surface area contributed by atoms with Crippen molar-refractivity contribution in [3.63, 3.8) is 0 Å². The van der Waals surface area contributed by atoms with Crippen molar-refractivity contribution in [1.82, 2.24) is 10.2 Å². The topological polar surface area (TPSA) is 45.5 Å². The first-order valence-corrected chi connectivity index (χ1v) is 7.90. The Morgan fingerprint density at radius 3 is 2.86 bits per heavy atom. The molecule has 1 N–H and O–H groups in total. The lowest BCUT2D eigenvalue weighted by molar-refractivity contribution is 0.0873. The molecule has 1 aromatic carbocycles. The minimum Gasteiger partial charge on any atom is -0.459 e. The van der Waals surface area contributed by atoms with E-state index in [2.05, 4.69) is 10.2 Å². The van der Waals surface area contributed by atoms with Crippen molar-refractivity contribution in [1.29, 1.82) is 0 Å². The van der Waals surface area contributed by atoms with Crippen LogP contribution >= 0.6 is 11.6 Å². The molecule has 1 aliphatic heterocycles. The standard InChI is InChI=1S/C17H19ClN2O2/c18-14-7-5-13(6-8-14)11-20-9-1-3-15(12-20)19-17(21)16-4-2-10-22-16/h2,4-8,10,15H,1,3,9,11-12H2,(H,19,21)/t15-/m1/s1. The first-order valence-electron chi connectivity index (χ1n) is 7.52. The zero-order chi connectivity index (χ0) is 15.4. The molecular formula is C17H19ClN2O2. The average Bonchev–Trinajstić information content (AvgIpc) is 3.04. The second-order valence-electron chi connectivity index (χ2n) is 5.65. The highest BCUT2D eigenvalue weighted by atomic mass is 35.5. The van der Waals surface area contributed by atoms with E-state index in [1.807, 2.05) is 24.3 Å². The van der Waals surface area contributed by atoms with Gasteiger partial charge in [-0.1, -0.05) is 23.7 Å². The van der Waals surface area contributed by atoms with Gasteiger partial charge in [-0.2, -0.15) is 0 Å². The quantitative estimate of drug-likeness (QED) is 0.940. The monoisotopic (exact) mass is 318 g/mol. The second kappa shape index (κ2) is 6.99. The van der Waals surface area contributed by atoms with Crippen LogP contribution in [0.5, 0.6) is 0 Å². The van der Waals surface area contributed by atoms with Crippen LogP contribution in [0.25, 0.3) is 0 Å². The Morgan fingerprint density at radius 2 is 2.14 bits per heavy atom. The molecule has 1 aliphatic rings. The lowest BCUT2D eigenvalue weighted by Crippen LogP contribution is -2.47. The van der Waals surface area contributed by atoms with Crippen molar-refractivity contribution in [2.45, 2.75) is 25.4 Å². The van der Waals surface area contributed by atoms with Crippen LogP contribution in [0.4, 0.5) is 0 Å². The number of nitrogens with zero attached hydrogens (tertiary/aromatic N) is 1. The molecule has 0 unspecified atom stereocenters. The lowest BCUT2D eigenvalue weighted by atomic mass is 10.0. The first-order chi connectivity index (χ1) is 10.7. The summed E-state index contributed by atoms with van der Waals surface area (Å²) >= 11 is 5.91. The fourth-order valence-corrected chi connectivity index (χ4v) is 2.96. The van der Waals surface area contributed by atoms with Crippen LogP contribution in [0.1, 0.15) is 29.0 Å². The third-order valence-electron chi connectivity index (χ3n) is 3.91. The van der Waals surface area contributed by atoms with Crippen LogP contribution in [0.15, 0.2) is 47.1 Å². The summed E-state index contributed by atoms with van der Waals surface area (Å²) in [5.41, 5.74) is 1.24. The number of likely N-dealkylation sites (tertiary alicyclic amines) is 1. The number of carbonyl (C=O) groups is 1. The van der Waals surface area contributed by atoms with Gasteiger partial charge in [0.15, 0.2) is 5.76 Å².